The Morgan fingerprint density at radius 2 is 1.32 bits per heavy atom. The van der Waals surface area contributed by atoms with Crippen molar-refractivity contribution in [1.82, 2.24) is 0 Å². The molecule has 0 heterocycles. The van der Waals surface area contributed by atoms with E-state index in [0.717, 1.165) is 25.7 Å². The van der Waals surface area contributed by atoms with Gasteiger partial charge in [0.05, 0.1) is 30.5 Å². The fourth-order valence-corrected chi connectivity index (χ4v) is 3.18. The van der Waals surface area contributed by atoms with Gasteiger partial charge < -0.3 is 24.4 Å². The van der Waals surface area contributed by atoms with Gasteiger partial charge in [-0.1, -0.05) is 0 Å². The van der Waals surface area contributed by atoms with E-state index in [2.05, 4.69) is 0 Å². The summed E-state index contributed by atoms with van der Waals surface area (Å²) in [6.45, 7) is 0. The van der Waals surface area contributed by atoms with Gasteiger partial charge in [-0.2, -0.15) is 0 Å². The zero-order chi connectivity index (χ0) is 13.8. The van der Waals surface area contributed by atoms with E-state index in [0.29, 0.717) is 12.8 Å². The van der Waals surface area contributed by atoms with Crippen molar-refractivity contribution < 1.29 is 24.4 Å². The summed E-state index contributed by atoms with van der Waals surface area (Å²) >= 11 is 0. The molecule has 0 aromatic heterocycles. The number of rotatable bonds is 4. The fourth-order valence-electron chi connectivity index (χ4n) is 3.18. The number of hydrogen-bond donors (Lipinski definition) is 2. The maximum Gasteiger partial charge on any atom is 0.110 e. The third kappa shape index (κ3) is 3.89. The van der Waals surface area contributed by atoms with Crippen LogP contribution in [-0.4, -0.2) is 61.1 Å². The van der Waals surface area contributed by atoms with Crippen LogP contribution in [0.25, 0.3) is 0 Å². The largest absolute Gasteiger partial charge is 0.393 e. The molecule has 2 aliphatic rings. The molecule has 19 heavy (non-hydrogen) atoms. The van der Waals surface area contributed by atoms with Crippen molar-refractivity contribution in [1.29, 1.82) is 0 Å². The number of ether oxygens (including phenoxy) is 3. The fraction of sp³-hybridized carbons (Fsp3) is 1.00. The highest BCUT2D eigenvalue weighted by Gasteiger charge is 2.40. The molecule has 0 aromatic carbocycles. The van der Waals surface area contributed by atoms with E-state index in [4.69, 9.17) is 14.2 Å². The molecule has 0 spiro atoms. The number of aliphatic hydroxyl groups is 2. The van der Waals surface area contributed by atoms with Gasteiger partial charge in [0.15, 0.2) is 0 Å². The molecule has 112 valence electrons. The van der Waals surface area contributed by atoms with Crippen LogP contribution >= 0.6 is 0 Å². The van der Waals surface area contributed by atoms with Crippen molar-refractivity contribution in [2.75, 3.05) is 14.2 Å². The lowest BCUT2D eigenvalue weighted by Crippen LogP contribution is -2.51. The summed E-state index contributed by atoms with van der Waals surface area (Å²) in [5.41, 5.74) is 0. The van der Waals surface area contributed by atoms with Crippen LogP contribution < -0.4 is 0 Å². The molecule has 5 nitrogen and oxygen atoms in total. The Morgan fingerprint density at radius 1 is 0.789 bits per heavy atom. The molecule has 0 aliphatic heterocycles. The van der Waals surface area contributed by atoms with E-state index in [1.165, 1.54) is 0 Å². The summed E-state index contributed by atoms with van der Waals surface area (Å²) < 4.78 is 17.1. The minimum Gasteiger partial charge on any atom is -0.393 e. The van der Waals surface area contributed by atoms with Crippen LogP contribution in [0.15, 0.2) is 0 Å². The smallest absolute Gasteiger partial charge is 0.110 e. The predicted molar refractivity (Wildman–Crippen MR) is 70.0 cm³/mol. The van der Waals surface area contributed by atoms with Crippen LogP contribution in [0.1, 0.15) is 38.5 Å². The van der Waals surface area contributed by atoms with E-state index >= 15 is 0 Å². The molecule has 0 aromatic rings. The van der Waals surface area contributed by atoms with Crippen LogP contribution in [0.4, 0.5) is 0 Å². The predicted octanol–water partition coefficient (Wildman–Crippen LogP) is 0.860. The second-order valence-electron chi connectivity index (χ2n) is 5.70. The molecule has 2 fully saturated rings. The zero-order valence-corrected chi connectivity index (χ0v) is 11.8. The summed E-state index contributed by atoms with van der Waals surface area (Å²) in [6, 6.07) is 0. The van der Waals surface area contributed by atoms with Crippen molar-refractivity contribution in [3.63, 3.8) is 0 Å². The maximum absolute atomic E-state index is 9.82. The zero-order valence-electron chi connectivity index (χ0n) is 11.8. The van der Waals surface area contributed by atoms with Crippen LogP contribution in [0.3, 0.4) is 0 Å². The number of methoxy groups -OCH3 is 2. The van der Waals surface area contributed by atoms with Gasteiger partial charge in [-0.05, 0) is 25.7 Å². The van der Waals surface area contributed by atoms with E-state index in [-0.39, 0.29) is 36.6 Å². The molecular weight excluding hydrogens is 248 g/mol. The Hall–Kier alpha value is -0.200. The minimum atomic E-state index is -0.386. The molecule has 2 saturated carbocycles. The molecule has 2 unspecified atom stereocenters. The van der Waals surface area contributed by atoms with Crippen LogP contribution in [0, 0.1) is 0 Å². The first-order valence-corrected chi connectivity index (χ1v) is 7.21. The number of aliphatic hydroxyl groups excluding tert-OH is 2. The first-order valence-electron chi connectivity index (χ1n) is 7.21. The minimum absolute atomic E-state index is 0.124. The SMILES string of the molecule is COC1CC(O)CC(OC)C1OC1CCC(O)CC1. The molecule has 2 rings (SSSR count). The topological polar surface area (TPSA) is 68.2 Å². The number of hydrogen-bond acceptors (Lipinski definition) is 5. The van der Waals surface area contributed by atoms with Crippen LogP contribution in [-0.2, 0) is 14.2 Å². The monoisotopic (exact) mass is 274 g/mol. The summed E-state index contributed by atoms with van der Waals surface area (Å²) in [6.07, 6.45) is 3.78. The molecule has 0 radical (unpaired) electrons. The average Bonchev–Trinajstić information content (AvgIpc) is 2.42. The Balaban J connectivity index is 1.94. The summed E-state index contributed by atoms with van der Waals surface area (Å²) in [7, 11) is 3.30. The molecule has 2 N–H and O–H groups in total. The van der Waals surface area contributed by atoms with E-state index in [9.17, 15) is 10.2 Å². The van der Waals surface area contributed by atoms with Crippen LogP contribution in [0.5, 0.6) is 0 Å². The van der Waals surface area contributed by atoms with Gasteiger partial charge in [0, 0.05) is 27.1 Å². The Kier molecular flexibility index (Phi) is 5.59. The van der Waals surface area contributed by atoms with Gasteiger partial charge in [-0.25, -0.2) is 0 Å². The van der Waals surface area contributed by atoms with Gasteiger partial charge in [0.2, 0.25) is 0 Å². The van der Waals surface area contributed by atoms with E-state index < -0.39 is 0 Å². The average molecular weight is 274 g/mol. The normalized spacial score (nSPS) is 44.2. The lowest BCUT2D eigenvalue weighted by atomic mass is 9.88. The summed E-state index contributed by atoms with van der Waals surface area (Å²) in [4.78, 5) is 0. The molecule has 0 bridgehead atoms. The highest BCUT2D eigenvalue weighted by atomic mass is 16.6. The lowest BCUT2D eigenvalue weighted by Gasteiger charge is -2.41. The summed E-state index contributed by atoms with van der Waals surface area (Å²) in [5, 5.41) is 19.3. The van der Waals surface area contributed by atoms with Crippen molar-refractivity contribution in [3.8, 4) is 0 Å². The van der Waals surface area contributed by atoms with Crippen LogP contribution in [0.2, 0.25) is 0 Å². The second kappa shape index (κ2) is 6.99. The van der Waals surface area contributed by atoms with E-state index in [1.807, 2.05) is 0 Å². The standard InChI is InChI=1S/C14H26O5/c1-17-12-7-10(16)8-13(18-2)14(12)19-11-5-3-9(15)4-6-11/h9-16H,3-8H2,1-2H3. The quantitative estimate of drug-likeness (QED) is 0.796. The van der Waals surface area contributed by atoms with Gasteiger partial charge in [0.1, 0.15) is 6.10 Å². The first-order chi connectivity index (χ1) is 9.13. The molecule has 0 saturated heterocycles. The highest BCUT2D eigenvalue weighted by Crippen LogP contribution is 2.30. The summed E-state index contributed by atoms with van der Waals surface area (Å²) in [5.74, 6) is 0. The van der Waals surface area contributed by atoms with Gasteiger partial charge in [0.25, 0.3) is 0 Å². The molecule has 2 aliphatic carbocycles. The molecule has 5 heteroatoms. The van der Waals surface area contributed by atoms with Crippen molar-refractivity contribution in [2.24, 2.45) is 0 Å². The van der Waals surface area contributed by atoms with Gasteiger partial charge in [-0.15, -0.1) is 0 Å². The lowest BCUT2D eigenvalue weighted by molar-refractivity contribution is -0.187. The third-order valence-corrected chi connectivity index (χ3v) is 4.34. The highest BCUT2D eigenvalue weighted by molar-refractivity contribution is 4.90. The second-order valence-corrected chi connectivity index (χ2v) is 5.70. The van der Waals surface area contributed by atoms with Crippen molar-refractivity contribution in [3.05, 3.63) is 0 Å². The maximum atomic E-state index is 9.82. The van der Waals surface area contributed by atoms with E-state index in [1.54, 1.807) is 14.2 Å². The van der Waals surface area contributed by atoms with Gasteiger partial charge >= 0.3 is 0 Å². The van der Waals surface area contributed by atoms with Crippen molar-refractivity contribution >= 4 is 0 Å². The molecule has 2 atom stereocenters. The van der Waals surface area contributed by atoms with Gasteiger partial charge in [-0.3, -0.25) is 0 Å². The third-order valence-electron chi connectivity index (χ3n) is 4.34. The van der Waals surface area contributed by atoms with Crippen molar-refractivity contribution in [2.45, 2.75) is 75.1 Å². The Bertz CT molecular complexity index is 251. The molecular formula is C14H26O5. The Labute approximate surface area is 114 Å². The first kappa shape index (κ1) is 15.2. The Morgan fingerprint density at radius 3 is 1.79 bits per heavy atom. The molecule has 0 amide bonds.